The lowest BCUT2D eigenvalue weighted by atomic mass is 9.86. The van der Waals surface area contributed by atoms with E-state index in [4.69, 9.17) is 0 Å². The average Bonchev–Trinajstić information content (AvgIpc) is 2.96. The highest BCUT2D eigenvalue weighted by molar-refractivity contribution is 5.79. The Morgan fingerprint density at radius 2 is 1.81 bits per heavy atom. The van der Waals surface area contributed by atoms with Crippen LogP contribution in [0.4, 0.5) is 0 Å². The van der Waals surface area contributed by atoms with E-state index in [0.717, 1.165) is 25.7 Å². The van der Waals surface area contributed by atoms with Gasteiger partial charge in [0.25, 0.3) is 0 Å². The third kappa shape index (κ3) is 4.31. The fourth-order valence-electron chi connectivity index (χ4n) is 2.97. The van der Waals surface area contributed by atoms with Crippen molar-refractivity contribution >= 4 is 11.9 Å². The van der Waals surface area contributed by atoms with Crippen LogP contribution in [0.25, 0.3) is 0 Å². The summed E-state index contributed by atoms with van der Waals surface area (Å²) in [6.45, 7) is 0.270. The second kappa shape index (κ2) is 7.25. The molecule has 0 aliphatic heterocycles. The van der Waals surface area contributed by atoms with Crippen LogP contribution in [-0.2, 0) is 16.0 Å². The van der Waals surface area contributed by atoms with E-state index >= 15 is 0 Å². The number of rotatable bonds is 7. The predicted octanol–water partition coefficient (Wildman–Crippen LogP) is 2.77. The maximum atomic E-state index is 11.9. The van der Waals surface area contributed by atoms with Gasteiger partial charge in [-0.25, -0.2) is 0 Å². The zero-order valence-corrected chi connectivity index (χ0v) is 12.3. The Labute approximate surface area is 125 Å². The van der Waals surface area contributed by atoms with Crippen LogP contribution in [0.1, 0.15) is 44.1 Å². The highest BCUT2D eigenvalue weighted by Gasteiger charge is 2.41. The Bertz CT molecular complexity index is 478. The standard InChI is InChI=1S/C17H23NO3/c19-15(10-6-9-14-7-2-1-3-8-14)18-13-17(16(20)21)11-4-5-12-17/h1-3,7-8H,4-6,9-13H2,(H,18,19)(H,20,21). The van der Waals surface area contributed by atoms with Crippen molar-refractivity contribution in [1.82, 2.24) is 5.32 Å². The molecule has 1 aliphatic carbocycles. The number of benzene rings is 1. The van der Waals surface area contributed by atoms with Crippen LogP contribution in [-0.4, -0.2) is 23.5 Å². The van der Waals surface area contributed by atoms with E-state index in [2.05, 4.69) is 17.4 Å². The first kappa shape index (κ1) is 15.5. The van der Waals surface area contributed by atoms with E-state index in [1.54, 1.807) is 0 Å². The van der Waals surface area contributed by atoms with Crippen LogP contribution in [0.5, 0.6) is 0 Å². The first-order valence-electron chi connectivity index (χ1n) is 7.66. The molecule has 1 aromatic carbocycles. The van der Waals surface area contributed by atoms with Gasteiger partial charge in [-0.1, -0.05) is 43.2 Å². The molecule has 1 aliphatic rings. The van der Waals surface area contributed by atoms with Crippen molar-refractivity contribution < 1.29 is 14.7 Å². The molecule has 0 saturated heterocycles. The molecule has 1 aromatic rings. The summed E-state index contributed by atoms with van der Waals surface area (Å²) in [5.41, 5.74) is 0.498. The normalized spacial score (nSPS) is 16.6. The summed E-state index contributed by atoms with van der Waals surface area (Å²) in [6.07, 6.45) is 5.34. The van der Waals surface area contributed by atoms with Gasteiger partial charge in [-0.15, -0.1) is 0 Å². The second-order valence-electron chi connectivity index (χ2n) is 5.91. The number of carbonyl (C=O) groups is 2. The zero-order valence-electron chi connectivity index (χ0n) is 12.3. The second-order valence-corrected chi connectivity index (χ2v) is 5.91. The van der Waals surface area contributed by atoms with Crippen molar-refractivity contribution in [2.75, 3.05) is 6.54 Å². The molecular formula is C17H23NO3. The monoisotopic (exact) mass is 289 g/mol. The molecule has 0 spiro atoms. The summed E-state index contributed by atoms with van der Waals surface area (Å²) in [7, 11) is 0. The number of hydrogen-bond donors (Lipinski definition) is 2. The fraction of sp³-hybridized carbons (Fsp3) is 0.529. The molecule has 21 heavy (non-hydrogen) atoms. The van der Waals surface area contributed by atoms with E-state index in [1.165, 1.54) is 5.56 Å². The lowest BCUT2D eigenvalue weighted by molar-refractivity contribution is -0.148. The predicted molar refractivity (Wildman–Crippen MR) is 80.9 cm³/mol. The maximum absolute atomic E-state index is 11.9. The average molecular weight is 289 g/mol. The lowest BCUT2D eigenvalue weighted by Crippen LogP contribution is -2.41. The number of hydrogen-bond acceptors (Lipinski definition) is 2. The molecule has 0 atom stereocenters. The zero-order chi connectivity index (χ0) is 15.1. The van der Waals surface area contributed by atoms with Crippen molar-refractivity contribution in [1.29, 1.82) is 0 Å². The number of carbonyl (C=O) groups excluding carboxylic acids is 1. The highest BCUT2D eigenvalue weighted by atomic mass is 16.4. The van der Waals surface area contributed by atoms with Gasteiger partial charge in [-0.3, -0.25) is 9.59 Å². The molecule has 0 heterocycles. The Balaban J connectivity index is 1.71. The van der Waals surface area contributed by atoms with Gasteiger partial charge in [-0.05, 0) is 31.2 Å². The minimum atomic E-state index is -0.774. The Hall–Kier alpha value is -1.84. The minimum absolute atomic E-state index is 0.0431. The van der Waals surface area contributed by atoms with Gasteiger partial charge in [0.2, 0.25) is 5.91 Å². The quantitative estimate of drug-likeness (QED) is 0.811. The van der Waals surface area contributed by atoms with E-state index in [1.807, 2.05) is 18.2 Å². The topological polar surface area (TPSA) is 66.4 Å². The van der Waals surface area contributed by atoms with Crippen LogP contribution in [0.15, 0.2) is 30.3 Å². The van der Waals surface area contributed by atoms with Gasteiger partial charge in [0.1, 0.15) is 0 Å². The summed E-state index contributed by atoms with van der Waals surface area (Å²) in [6, 6.07) is 10.1. The summed E-state index contributed by atoms with van der Waals surface area (Å²) >= 11 is 0. The van der Waals surface area contributed by atoms with Gasteiger partial charge in [0, 0.05) is 13.0 Å². The minimum Gasteiger partial charge on any atom is -0.481 e. The third-order valence-corrected chi connectivity index (χ3v) is 4.35. The van der Waals surface area contributed by atoms with E-state index in [-0.39, 0.29) is 12.5 Å². The first-order chi connectivity index (χ1) is 10.1. The summed E-state index contributed by atoms with van der Waals surface area (Å²) < 4.78 is 0. The SMILES string of the molecule is O=C(CCCc1ccccc1)NCC1(C(=O)O)CCCC1. The summed E-state index contributed by atoms with van der Waals surface area (Å²) in [5.74, 6) is -0.817. The number of carboxylic acids is 1. The Kier molecular flexibility index (Phi) is 5.37. The molecule has 114 valence electrons. The van der Waals surface area contributed by atoms with Crippen LogP contribution >= 0.6 is 0 Å². The molecule has 1 saturated carbocycles. The van der Waals surface area contributed by atoms with E-state index < -0.39 is 11.4 Å². The number of amides is 1. The van der Waals surface area contributed by atoms with Crippen molar-refractivity contribution in [2.24, 2.45) is 5.41 Å². The molecule has 0 bridgehead atoms. The molecule has 0 aromatic heterocycles. The molecular weight excluding hydrogens is 266 g/mol. The molecule has 1 fully saturated rings. The van der Waals surface area contributed by atoms with Gasteiger partial charge in [-0.2, -0.15) is 0 Å². The van der Waals surface area contributed by atoms with Crippen LogP contribution in [0, 0.1) is 5.41 Å². The molecule has 2 N–H and O–H groups in total. The Morgan fingerprint density at radius 1 is 1.14 bits per heavy atom. The van der Waals surface area contributed by atoms with Crippen molar-refractivity contribution in [3.63, 3.8) is 0 Å². The van der Waals surface area contributed by atoms with Crippen LogP contribution in [0.3, 0.4) is 0 Å². The van der Waals surface area contributed by atoms with Gasteiger partial charge in [0.05, 0.1) is 5.41 Å². The highest BCUT2D eigenvalue weighted by Crippen LogP contribution is 2.37. The van der Waals surface area contributed by atoms with Crippen molar-refractivity contribution in [3.8, 4) is 0 Å². The fourth-order valence-corrected chi connectivity index (χ4v) is 2.97. The molecule has 0 radical (unpaired) electrons. The number of aliphatic carboxylic acids is 1. The van der Waals surface area contributed by atoms with Gasteiger partial charge < -0.3 is 10.4 Å². The molecule has 2 rings (SSSR count). The van der Waals surface area contributed by atoms with Crippen molar-refractivity contribution in [2.45, 2.75) is 44.9 Å². The summed E-state index contributed by atoms with van der Waals surface area (Å²) in [4.78, 5) is 23.2. The summed E-state index contributed by atoms with van der Waals surface area (Å²) in [5, 5.41) is 12.2. The van der Waals surface area contributed by atoms with E-state index in [9.17, 15) is 14.7 Å². The molecule has 4 nitrogen and oxygen atoms in total. The van der Waals surface area contributed by atoms with Crippen molar-refractivity contribution in [3.05, 3.63) is 35.9 Å². The van der Waals surface area contributed by atoms with Gasteiger partial charge >= 0.3 is 5.97 Å². The maximum Gasteiger partial charge on any atom is 0.311 e. The first-order valence-corrected chi connectivity index (χ1v) is 7.66. The third-order valence-electron chi connectivity index (χ3n) is 4.35. The van der Waals surface area contributed by atoms with Crippen LogP contribution in [0.2, 0.25) is 0 Å². The lowest BCUT2D eigenvalue weighted by Gasteiger charge is -2.23. The number of nitrogens with one attached hydrogen (secondary N) is 1. The largest absolute Gasteiger partial charge is 0.481 e. The Morgan fingerprint density at radius 3 is 2.43 bits per heavy atom. The smallest absolute Gasteiger partial charge is 0.311 e. The van der Waals surface area contributed by atoms with Gasteiger partial charge in [0.15, 0.2) is 0 Å². The van der Waals surface area contributed by atoms with Crippen LogP contribution < -0.4 is 5.32 Å². The van der Waals surface area contributed by atoms with E-state index in [0.29, 0.717) is 19.3 Å². The number of carboxylic acid groups (broad SMARTS) is 1. The molecule has 4 heteroatoms. The molecule has 1 amide bonds. The molecule has 0 unspecified atom stereocenters. The number of aryl methyl sites for hydroxylation is 1.